The molecule has 0 spiro atoms. The van der Waals surface area contributed by atoms with Gasteiger partial charge in [-0.05, 0) is 42.2 Å². The Morgan fingerprint density at radius 1 is 1.08 bits per heavy atom. The molecule has 2 aromatic carbocycles. The Balaban J connectivity index is 1.74. The zero-order chi connectivity index (χ0) is 17.6. The summed E-state index contributed by atoms with van der Waals surface area (Å²) in [5.74, 6) is -0.279. The summed E-state index contributed by atoms with van der Waals surface area (Å²) < 4.78 is 5.06. The Morgan fingerprint density at radius 2 is 1.76 bits per heavy atom. The van der Waals surface area contributed by atoms with Crippen molar-refractivity contribution in [2.75, 3.05) is 6.61 Å². The van der Waals surface area contributed by atoms with Crippen molar-refractivity contribution < 1.29 is 9.53 Å². The molecule has 25 heavy (non-hydrogen) atoms. The molecule has 3 aromatic rings. The molecule has 4 heteroatoms. The summed E-state index contributed by atoms with van der Waals surface area (Å²) in [6.45, 7) is 4.08. The van der Waals surface area contributed by atoms with Crippen LogP contribution in [-0.4, -0.2) is 18.8 Å². The number of nitrogens with zero attached hydrogens (tertiary/aromatic N) is 1. The fraction of sp³-hybridized carbons (Fsp3) is 0.143. The molecule has 0 radical (unpaired) electrons. The Morgan fingerprint density at radius 3 is 2.44 bits per heavy atom. The smallest absolute Gasteiger partial charge is 0.348 e. The lowest BCUT2D eigenvalue weighted by Gasteiger charge is -2.01. The normalized spacial score (nSPS) is 11.0. The van der Waals surface area contributed by atoms with Crippen LogP contribution in [-0.2, 0) is 4.74 Å². The van der Waals surface area contributed by atoms with E-state index in [1.54, 1.807) is 6.92 Å². The second-order valence-electron chi connectivity index (χ2n) is 5.56. The number of hydrogen-bond acceptors (Lipinski definition) is 4. The van der Waals surface area contributed by atoms with E-state index in [-0.39, 0.29) is 5.97 Å². The molecule has 1 aromatic heterocycles. The topological polar surface area (TPSA) is 38.7 Å². The van der Waals surface area contributed by atoms with Crippen LogP contribution in [0.3, 0.4) is 0 Å². The van der Waals surface area contributed by atoms with Crippen molar-refractivity contribution in [3.8, 4) is 11.1 Å². The van der Waals surface area contributed by atoms with Gasteiger partial charge in [0.25, 0.3) is 0 Å². The first-order valence-corrected chi connectivity index (χ1v) is 8.96. The largest absolute Gasteiger partial charge is 0.462 e. The maximum Gasteiger partial charge on any atom is 0.348 e. The van der Waals surface area contributed by atoms with Gasteiger partial charge in [-0.1, -0.05) is 54.6 Å². The fourth-order valence-electron chi connectivity index (χ4n) is 2.46. The minimum absolute atomic E-state index is 0.279. The SMILES string of the molecule is CCOC(=O)c1sc(N=Cc2ccc(-c3ccccc3)cc2)cc1C. The number of ether oxygens (including phenoxy) is 1. The molecule has 0 saturated carbocycles. The molecule has 0 unspecified atom stereocenters. The summed E-state index contributed by atoms with van der Waals surface area (Å²) >= 11 is 1.35. The van der Waals surface area contributed by atoms with E-state index >= 15 is 0 Å². The van der Waals surface area contributed by atoms with E-state index < -0.39 is 0 Å². The van der Waals surface area contributed by atoms with Gasteiger partial charge in [-0.3, -0.25) is 0 Å². The molecule has 3 nitrogen and oxygen atoms in total. The van der Waals surface area contributed by atoms with E-state index in [0.717, 1.165) is 16.1 Å². The number of carbonyl (C=O) groups excluding carboxylic acids is 1. The maximum atomic E-state index is 11.9. The first-order valence-electron chi connectivity index (χ1n) is 8.14. The predicted molar refractivity (Wildman–Crippen MR) is 104 cm³/mol. The molecule has 0 aliphatic heterocycles. The maximum absolute atomic E-state index is 11.9. The summed E-state index contributed by atoms with van der Waals surface area (Å²) in [6.07, 6.45) is 1.81. The molecule has 0 aliphatic rings. The second-order valence-corrected chi connectivity index (χ2v) is 6.59. The van der Waals surface area contributed by atoms with Crippen molar-refractivity contribution in [2.45, 2.75) is 13.8 Å². The monoisotopic (exact) mass is 349 g/mol. The number of esters is 1. The van der Waals surface area contributed by atoms with Gasteiger partial charge in [0.15, 0.2) is 0 Å². The van der Waals surface area contributed by atoms with Gasteiger partial charge in [-0.2, -0.15) is 0 Å². The third-order valence-electron chi connectivity index (χ3n) is 3.72. The molecule has 0 fully saturated rings. The average molecular weight is 349 g/mol. The second kappa shape index (κ2) is 7.90. The Bertz CT molecular complexity index is 880. The van der Waals surface area contributed by atoms with E-state index in [9.17, 15) is 4.79 Å². The highest BCUT2D eigenvalue weighted by atomic mass is 32.1. The molecule has 0 aliphatic carbocycles. The highest BCUT2D eigenvalue weighted by Crippen LogP contribution is 2.29. The first kappa shape index (κ1) is 17.1. The predicted octanol–water partition coefficient (Wildman–Crippen LogP) is 5.65. The van der Waals surface area contributed by atoms with E-state index in [0.29, 0.717) is 11.5 Å². The lowest BCUT2D eigenvalue weighted by atomic mass is 10.0. The van der Waals surface area contributed by atoms with Crippen molar-refractivity contribution in [1.82, 2.24) is 0 Å². The van der Waals surface area contributed by atoms with Crippen molar-refractivity contribution in [2.24, 2.45) is 4.99 Å². The summed E-state index contributed by atoms with van der Waals surface area (Å²) in [5, 5.41) is 0.799. The lowest BCUT2D eigenvalue weighted by molar-refractivity contribution is 0.0531. The van der Waals surface area contributed by atoms with Crippen LogP contribution >= 0.6 is 11.3 Å². The minimum atomic E-state index is -0.279. The van der Waals surface area contributed by atoms with Crippen LogP contribution in [0.5, 0.6) is 0 Å². The number of thiophene rings is 1. The van der Waals surface area contributed by atoms with Crippen LogP contribution in [0.2, 0.25) is 0 Å². The Labute approximate surface area is 151 Å². The molecule has 126 valence electrons. The number of aryl methyl sites for hydroxylation is 1. The van der Waals surface area contributed by atoms with Crippen molar-refractivity contribution >= 4 is 28.5 Å². The highest BCUT2D eigenvalue weighted by Gasteiger charge is 2.14. The quantitative estimate of drug-likeness (QED) is 0.441. The Hall–Kier alpha value is -2.72. The number of carbonyl (C=O) groups is 1. The summed E-state index contributed by atoms with van der Waals surface area (Å²) in [5.41, 5.74) is 4.28. The molecule has 0 saturated heterocycles. The van der Waals surface area contributed by atoms with Crippen molar-refractivity contribution in [3.63, 3.8) is 0 Å². The van der Waals surface area contributed by atoms with Crippen LogP contribution in [0.25, 0.3) is 11.1 Å². The highest BCUT2D eigenvalue weighted by molar-refractivity contribution is 7.17. The van der Waals surface area contributed by atoms with Crippen LogP contribution in [0.1, 0.15) is 27.7 Å². The van der Waals surface area contributed by atoms with Gasteiger partial charge in [0.2, 0.25) is 0 Å². The molecular formula is C21H19NO2S. The number of aliphatic imine (C=N–C) groups is 1. The van der Waals surface area contributed by atoms with Crippen LogP contribution in [0.15, 0.2) is 65.7 Å². The van der Waals surface area contributed by atoms with Crippen LogP contribution in [0, 0.1) is 6.92 Å². The molecule has 0 N–H and O–H groups in total. The third-order valence-corrected chi connectivity index (χ3v) is 4.85. The fourth-order valence-corrected chi connectivity index (χ4v) is 3.37. The molecule has 1 heterocycles. The molecule has 0 amide bonds. The van der Waals surface area contributed by atoms with E-state index in [4.69, 9.17) is 4.74 Å². The minimum Gasteiger partial charge on any atom is -0.462 e. The van der Waals surface area contributed by atoms with E-state index in [1.165, 1.54) is 22.5 Å². The number of rotatable bonds is 5. The van der Waals surface area contributed by atoms with Gasteiger partial charge in [0.05, 0.1) is 6.61 Å². The van der Waals surface area contributed by atoms with Gasteiger partial charge in [0, 0.05) is 6.21 Å². The van der Waals surface area contributed by atoms with Gasteiger partial charge < -0.3 is 4.74 Å². The molecular weight excluding hydrogens is 330 g/mol. The molecule has 0 atom stereocenters. The van der Waals surface area contributed by atoms with Crippen LogP contribution < -0.4 is 0 Å². The third kappa shape index (κ3) is 4.22. The van der Waals surface area contributed by atoms with E-state index in [1.807, 2.05) is 49.5 Å². The zero-order valence-corrected chi connectivity index (χ0v) is 15.0. The Kier molecular flexibility index (Phi) is 5.41. The summed E-state index contributed by atoms with van der Waals surface area (Å²) in [4.78, 5) is 17.0. The number of benzene rings is 2. The first-order chi connectivity index (χ1) is 12.2. The average Bonchev–Trinajstić information content (AvgIpc) is 3.02. The van der Waals surface area contributed by atoms with Crippen molar-refractivity contribution in [1.29, 1.82) is 0 Å². The summed E-state index contributed by atoms with van der Waals surface area (Å²) in [6, 6.07) is 20.4. The number of hydrogen-bond donors (Lipinski definition) is 0. The molecule has 3 rings (SSSR count). The van der Waals surface area contributed by atoms with Gasteiger partial charge in [-0.25, -0.2) is 9.79 Å². The van der Waals surface area contributed by atoms with Gasteiger partial charge in [0.1, 0.15) is 9.88 Å². The summed E-state index contributed by atoms with van der Waals surface area (Å²) in [7, 11) is 0. The van der Waals surface area contributed by atoms with E-state index in [2.05, 4.69) is 29.3 Å². The van der Waals surface area contributed by atoms with Gasteiger partial charge in [-0.15, -0.1) is 11.3 Å². The van der Waals surface area contributed by atoms with Gasteiger partial charge >= 0.3 is 5.97 Å². The van der Waals surface area contributed by atoms with Crippen molar-refractivity contribution in [3.05, 3.63) is 76.7 Å². The van der Waals surface area contributed by atoms with Crippen LogP contribution in [0.4, 0.5) is 5.00 Å². The lowest BCUT2D eigenvalue weighted by Crippen LogP contribution is -2.03. The zero-order valence-electron chi connectivity index (χ0n) is 14.2. The standard InChI is InChI=1S/C21H19NO2S/c1-3-24-21(23)20-15(2)13-19(25-20)22-14-16-9-11-18(12-10-16)17-7-5-4-6-8-17/h4-14H,3H2,1-2H3. The molecule has 0 bridgehead atoms.